The van der Waals surface area contributed by atoms with Gasteiger partial charge in [0.15, 0.2) is 0 Å². The third-order valence-corrected chi connectivity index (χ3v) is 3.62. The summed E-state index contributed by atoms with van der Waals surface area (Å²) in [6.45, 7) is 8.01. The average Bonchev–Trinajstić information content (AvgIpc) is 2.45. The zero-order chi connectivity index (χ0) is 14.4. The fourth-order valence-corrected chi connectivity index (χ4v) is 2.67. The molecule has 1 unspecified atom stereocenters. The van der Waals surface area contributed by atoms with Crippen LogP contribution < -0.4 is 10.2 Å². The minimum Gasteiger partial charge on any atom is -0.384 e. The molecule has 0 aromatic carbocycles. The summed E-state index contributed by atoms with van der Waals surface area (Å²) in [6, 6.07) is 2.08. The molecule has 1 aliphatic heterocycles. The monoisotopic (exact) mass is 278 g/mol. The predicted octanol–water partition coefficient (Wildman–Crippen LogP) is 2.47. The van der Waals surface area contributed by atoms with E-state index in [2.05, 4.69) is 33.2 Å². The highest BCUT2D eigenvalue weighted by Crippen LogP contribution is 2.23. The summed E-state index contributed by atoms with van der Waals surface area (Å²) in [5, 5.41) is 3.28. The van der Waals surface area contributed by atoms with Crippen LogP contribution in [-0.2, 0) is 4.74 Å². The Hall–Kier alpha value is -1.36. The first-order valence-corrected chi connectivity index (χ1v) is 7.56. The molecular weight excluding hydrogens is 252 g/mol. The van der Waals surface area contributed by atoms with Gasteiger partial charge in [-0.3, -0.25) is 0 Å². The summed E-state index contributed by atoms with van der Waals surface area (Å²) < 4.78 is 5.29. The van der Waals surface area contributed by atoms with Crippen LogP contribution in [0.2, 0.25) is 0 Å². The van der Waals surface area contributed by atoms with Crippen molar-refractivity contribution in [2.75, 3.05) is 43.6 Å². The third-order valence-electron chi connectivity index (χ3n) is 3.62. The molecule has 1 atom stereocenters. The number of aryl methyl sites for hydroxylation is 1. The Labute approximate surface area is 121 Å². The zero-order valence-electron chi connectivity index (χ0n) is 12.9. The Balaban J connectivity index is 2.08. The lowest BCUT2D eigenvalue weighted by Crippen LogP contribution is -2.37. The van der Waals surface area contributed by atoms with Gasteiger partial charge in [0.1, 0.15) is 5.82 Å². The SMILES string of the molecule is CCCNc1nc(C)cc(N2CCCC(COC)C2)n1. The summed E-state index contributed by atoms with van der Waals surface area (Å²) in [5.41, 5.74) is 1.02. The van der Waals surface area contributed by atoms with Crippen molar-refractivity contribution in [1.29, 1.82) is 0 Å². The standard InChI is InChI=1S/C15H26N4O/c1-4-7-16-15-17-12(2)9-14(18-15)19-8-5-6-13(10-19)11-20-3/h9,13H,4-8,10-11H2,1-3H3,(H,16,17,18). The molecule has 2 heterocycles. The topological polar surface area (TPSA) is 50.3 Å². The van der Waals surface area contributed by atoms with Gasteiger partial charge in [0.05, 0.1) is 6.61 Å². The van der Waals surface area contributed by atoms with Crippen LogP contribution in [0.5, 0.6) is 0 Å². The Morgan fingerprint density at radius 2 is 2.30 bits per heavy atom. The molecule has 1 aromatic heterocycles. The molecule has 1 fully saturated rings. The highest BCUT2D eigenvalue weighted by Gasteiger charge is 2.21. The van der Waals surface area contributed by atoms with Crippen molar-refractivity contribution in [2.24, 2.45) is 5.92 Å². The molecule has 0 bridgehead atoms. The molecular formula is C15H26N4O. The van der Waals surface area contributed by atoms with E-state index >= 15 is 0 Å². The lowest BCUT2D eigenvalue weighted by Gasteiger charge is -2.33. The first kappa shape index (κ1) is 15.0. The molecule has 0 saturated carbocycles. The van der Waals surface area contributed by atoms with Gasteiger partial charge in [-0.25, -0.2) is 4.98 Å². The number of rotatable bonds is 6. The van der Waals surface area contributed by atoms with Crippen molar-refractivity contribution < 1.29 is 4.74 Å². The fraction of sp³-hybridized carbons (Fsp3) is 0.733. The van der Waals surface area contributed by atoms with Crippen molar-refractivity contribution in [1.82, 2.24) is 9.97 Å². The van der Waals surface area contributed by atoms with E-state index in [1.807, 2.05) is 6.92 Å². The summed E-state index contributed by atoms with van der Waals surface area (Å²) in [6.07, 6.45) is 3.52. The maximum atomic E-state index is 5.29. The number of anilines is 2. The first-order chi connectivity index (χ1) is 9.72. The maximum absolute atomic E-state index is 5.29. The molecule has 0 spiro atoms. The predicted molar refractivity (Wildman–Crippen MR) is 82.4 cm³/mol. The smallest absolute Gasteiger partial charge is 0.224 e. The van der Waals surface area contributed by atoms with E-state index in [4.69, 9.17) is 4.74 Å². The van der Waals surface area contributed by atoms with E-state index < -0.39 is 0 Å². The van der Waals surface area contributed by atoms with Crippen LogP contribution in [-0.4, -0.2) is 43.3 Å². The second-order valence-electron chi connectivity index (χ2n) is 5.53. The lowest BCUT2D eigenvalue weighted by atomic mass is 9.99. The second kappa shape index (κ2) is 7.43. The lowest BCUT2D eigenvalue weighted by molar-refractivity contribution is 0.143. The molecule has 20 heavy (non-hydrogen) atoms. The Morgan fingerprint density at radius 1 is 1.45 bits per heavy atom. The van der Waals surface area contributed by atoms with E-state index in [0.717, 1.165) is 50.1 Å². The van der Waals surface area contributed by atoms with Gasteiger partial charge in [-0.05, 0) is 32.1 Å². The van der Waals surface area contributed by atoms with Gasteiger partial charge in [0, 0.05) is 38.5 Å². The number of aromatic nitrogens is 2. The van der Waals surface area contributed by atoms with Crippen LogP contribution in [0, 0.1) is 12.8 Å². The maximum Gasteiger partial charge on any atom is 0.224 e. The number of nitrogens with zero attached hydrogens (tertiary/aromatic N) is 3. The minimum atomic E-state index is 0.607. The molecule has 112 valence electrons. The van der Waals surface area contributed by atoms with Gasteiger partial charge in [0.25, 0.3) is 0 Å². The van der Waals surface area contributed by atoms with Gasteiger partial charge in [0.2, 0.25) is 5.95 Å². The number of hydrogen-bond donors (Lipinski definition) is 1. The summed E-state index contributed by atoms with van der Waals surface area (Å²) >= 11 is 0. The zero-order valence-corrected chi connectivity index (χ0v) is 12.9. The largest absolute Gasteiger partial charge is 0.384 e. The average molecular weight is 278 g/mol. The van der Waals surface area contributed by atoms with Crippen LogP contribution in [0.1, 0.15) is 31.9 Å². The number of hydrogen-bond acceptors (Lipinski definition) is 5. The van der Waals surface area contributed by atoms with Gasteiger partial charge in [-0.15, -0.1) is 0 Å². The van der Waals surface area contributed by atoms with E-state index in [1.165, 1.54) is 12.8 Å². The van der Waals surface area contributed by atoms with Crippen molar-refractivity contribution in [3.63, 3.8) is 0 Å². The number of methoxy groups -OCH3 is 1. The molecule has 5 nitrogen and oxygen atoms in total. The van der Waals surface area contributed by atoms with Crippen LogP contribution in [0.25, 0.3) is 0 Å². The van der Waals surface area contributed by atoms with Gasteiger partial charge in [-0.2, -0.15) is 4.98 Å². The summed E-state index contributed by atoms with van der Waals surface area (Å²) in [5.74, 6) is 2.39. The highest BCUT2D eigenvalue weighted by molar-refractivity contribution is 5.45. The van der Waals surface area contributed by atoms with Crippen molar-refractivity contribution in [3.8, 4) is 0 Å². The van der Waals surface area contributed by atoms with Crippen molar-refractivity contribution >= 4 is 11.8 Å². The third kappa shape index (κ3) is 4.07. The van der Waals surface area contributed by atoms with Gasteiger partial charge < -0.3 is 15.0 Å². The van der Waals surface area contributed by atoms with Crippen LogP contribution in [0.4, 0.5) is 11.8 Å². The molecule has 1 saturated heterocycles. The number of piperidine rings is 1. The highest BCUT2D eigenvalue weighted by atomic mass is 16.5. The van der Waals surface area contributed by atoms with Crippen LogP contribution in [0.3, 0.4) is 0 Å². The Kier molecular flexibility index (Phi) is 5.59. The molecule has 0 aliphatic carbocycles. The van der Waals surface area contributed by atoms with E-state index in [1.54, 1.807) is 7.11 Å². The van der Waals surface area contributed by atoms with Gasteiger partial charge in [-0.1, -0.05) is 6.92 Å². The molecule has 1 aliphatic rings. The van der Waals surface area contributed by atoms with Crippen molar-refractivity contribution in [3.05, 3.63) is 11.8 Å². The Bertz CT molecular complexity index is 422. The Morgan fingerprint density at radius 3 is 3.05 bits per heavy atom. The quantitative estimate of drug-likeness (QED) is 0.866. The van der Waals surface area contributed by atoms with Crippen molar-refractivity contribution in [2.45, 2.75) is 33.1 Å². The summed E-state index contributed by atoms with van der Waals surface area (Å²) in [4.78, 5) is 11.5. The molecule has 1 aromatic rings. The second-order valence-corrected chi connectivity index (χ2v) is 5.53. The van der Waals surface area contributed by atoms with Crippen LogP contribution >= 0.6 is 0 Å². The van der Waals surface area contributed by atoms with E-state index in [9.17, 15) is 0 Å². The molecule has 0 amide bonds. The molecule has 2 rings (SSSR count). The first-order valence-electron chi connectivity index (χ1n) is 7.56. The van der Waals surface area contributed by atoms with Gasteiger partial charge >= 0.3 is 0 Å². The molecule has 0 radical (unpaired) electrons. The number of nitrogens with one attached hydrogen (secondary N) is 1. The summed E-state index contributed by atoms with van der Waals surface area (Å²) in [7, 11) is 1.78. The normalized spacial score (nSPS) is 19.1. The number of ether oxygens (including phenoxy) is 1. The molecule has 5 heteroatoms. The fourth-order valence-electron chi connectivity index (χ4n) is 2.67. The van der Waals surface area contributed by atoms with Crippen LogP contribution in [0.15, 0.2) is 6.07 Å². The van der Waals surface area contributed by atoms with E-state index in [0.29, 0.717) is 5.92 Å². The van der Waals surface area contributed by atoms with E-state index in [-0.39, 0.29) is 0 Å². The minimum absolute atomic E-state index is 0.607. The molecule has 1 N–H and O–H groups in total.